The number of carbonyl (C=O) groups is 1. The minimum Gasteiger partial charge on any atom is -0.322 e. The van der Waals surface area contributed by atoms with Gasteiger partial charge in [-0.1, -0.05) is 41.9 Å². The molecule has 3 aromatic rings. The largest absolute Gasteiger partial charge is 0.322 e. The fourth-order valence-corrected chi connectivity index (χ4v) is 4.40. The van der Waals surface area contributed by atoms with Crippen LogP contribution in [-0.4, -0.2) is 31.7 Å². The number of rotatable bonds is 8. The number of sulfonamides is 1. The van der Waals surface area contributed by atoms with Crippen LogP contribution in [0, 0.1) is 11.6 Å². The van der Waals surface area contributed by atoms with E-state index in [1.165, 1.54) is 24.3 Å². The molecule has 5 nitrogen and oxygen atoms in total. The molecule has 0 heterocycles. The topological polar surface area (TPSA) is 66.5 Å². The lowest BCUT2D eigenvalue weighted by Gasteiger charge is -2.22. The van der Waals surface area contributed by atoms with Crippen LogP contribution in [0.1, 0.15) is 5.56 Å². The second-order valence-corrected chi connectivity index (χ2v) is 9.07. The zero-order chi connectivity index (χ0) is 22.4. The molecule has 0 atom stereocenters. The molecule has 0 bridgehead atoms. The number of hydrogen-bond donors (Lipinski definition) is 1. The third-order valence-electron chi connectivity index (χ3n) is 4.47. The molecule has 9 heteroatoms. The first-order valence-corrected chi connectivity index (χ1v) is 11.1. The van der Waals surface area contributed by atoms with E-state index in [0.29, 0.717) is 11.4 Å². The van der Waals surface area contributed by atoms with Crippen molar-refractivity contribution < 1.29 is 22.0 Å². The minimum atomic E-state index is -4.05. The van der Waals surface area contributed by atoms with Crippen molar-refractivity contribution in [1.82, 2.24) is 4.31 Å². The van der Waals surface area contributed by atoms with Crippen LogP contribution in [0.5, 0.6) is 0 Å². The van der Waals surface area contributed by atoms with Gasteiger partial charge in [-0.25, -0.2) is 17.2 Å². The first-order valence-electron chi connectivity index (χ1n) is 9.30. The predicted octanol–water partition coefficient (Wildman–Crippen LogP) is 4.49. The van der Waals surface area contributed by atoms with Crippen LogP contribution in [0.15, 0.2) is 77.7 Å². The van der Waals surface area contributed by atoms with Crippen LogP contribution >= 0.6 is 11.6 Å². The van der Waals surface area contributed by atoms with Gasteiger partial charge in [-0.05, 0) is 48.4 Å². The van der Waals surface area contributed by atoms with Gasteiger partial charge in [0, 0.05) is 17.6 Å². The van der Waals surface area contributed by atoms with Crippen molar-refractivity contribution in [3.8, 4) is 0 Å². The maximum atomic E-state index is 13.8. The summed E-state index contributed by atoms with van der Waals surface area (Å²) in [5.41, 5.74) is 0.521. The van der Waals surface area contributed by atoms with Crippen molar-refractivity contribution in [2.24, 2.45) is 0 Å². The number of nitrogens with one attached hydrogen (secondary N) is 1. The Morgan fingerprint density at radius 3 is 2.32 bits per heavy atom. The van der Waals surface area contributed by atoms with Gasteiger partial charge < -0.3 is 5.32 Å². The van der Waals surface area contributed by atoms with Crippen LogP contribution in [0.25, 0.3) is 0 Å². The number of amides is 1. The van der Waals surface area contributed by atoms with Crippen LogP contribution in [0.2, 0.25) is 5.02 Å². The zero-order valence-electron chi connectivity index (χ0n) is 16.3. The maximum absolute atomic E-state index is 13.8. The fraction of sp³-hybridized carbons (Fsp3) is 0.136. The highest BCUT2D eigenvalue weighted by Gasteiger charge is 2.27. The number of halogens is 3. The van der Waals surface area contributed by atoms with Crippen molar-refractivity contribution in [3.05, 3.63) is 95.0 Å². The van der Waals surface area contributed by atoms with Crippen LogP contribution in [0.4, 0.5) is 14.5 Å². The average molecular weight is 465 g/mol. The van der Waals surface area contributed by atoms with Crippen LogP contribution < -0.4 is 5.32 Å². The summed E-state index contributed by atoms with van der Waals surface area (Å²) >= 11 is 5.85. The van der Waals surface area contributed by atoms with E-state index in [2.05, 4.69) is 5.32 Å². The molecule has 0 unspecified atom stereocenters. The van der Waals surface area contributed by atoms with E-state index in [9.17, 15) is 22.0 Å². The Morgan fingerprint density at radius 1 is 0.968 bits per heavy atom. The Balaban J connectivity index is 1.83. The summed E-state index contributed by atoms with van der Waals surface area (Å²) in [6.45, 7) is -0.568. The van der Waals surface area contributed by atoms with Gasteiger partial charge in [0.25, 0.3) is 0 Å². The maximum Gasteiger partial charge on any atom is 0.243 e. The molecule has 31 heavy (non-hydrogen) atoms. The number of carbonyl (C=O) groups excluding carboxylic acids is 1. The van der Waals surface area contributed by atoms with Crippen LogP contribution in [0.3, 0.4) is 0 Å². The van der Waals surface area contributed by atoms with E-state index in [0.717, 1.165) is 28.1 Å². The van der Waals surface area contributed by atoms with Gasteiger partial charge in [-0.15, -0.1) is 0 Å². The van der Waals surface area contributed by atoms with E-state index in [4.69, 9.17) is 11.6 Å². The molecular formula is C22H19ClF2N2O3S. The molecule has 0 saturated heterocycles. The second kappa shape index (κ2) is 10.00. The Kier molecular flexibility index (Phi) is 7.37. The Bertz CT molecular complexity index is 1160. The zero-order valence-corrected chi connectivity index (χ0v) is 17.8. The van der Waals surface area contributed by atoms with E-state index in [1.807, 2.05) is 30.3 Å². The SMILES string of the molecule is O=C(CN(CCc1ccccc1)S(=O)(=O)c1ccc(Cl)cc1)Nc1cc(F)ccc1F. The molecule has 0 aliphatic carbocycles. The van der Waals surface area contributed by atoms with E-state index >= 15 is 0 Å². The molecule has 3 rings (SSSR count). The predicted molar refractivity (Wildman–Crippen MR) is 115 cm³/mol. The molecule has 1 amide bonds. The highest BCUT2D eigenvalue weighted by molar-refractivity contribution is 7.89. The van der Waals surface area contributed by atoms with Gasteiger partial charge in [0.15, 0.2) is 0 Å². The number of nitrogens with zero attached hydrogens (tertiary/aromatic N) is 1. The average Bonchev–Trinajstić information content (AvgIpc) is 2.74. The summed E-state index contributed by atoms with van der Waals surface area (Å²) < 4.78 is 54.5. The lowest BCUT2D eigenvalue weighted by molar-refractivity contribution is -0.116. The highest BCUT2D eigenvalue weighted by Crippen LogP contribution is 2.20. The molecule has 1 N–H and O–H groups in total. The van der Waals surface area contributed by atoms with Crippen molar-refractivity contribution in [1.29, 1.82) is 0 Å². The molecular weight excluding hydrogens is 446 g/mol. The molecule has 0 radical (unpaired) electrons. The van der Waals surface area contributed by atoms with Crippen molar-refractivity contribution in [3.63, 3.8) is 0 Å². The van der Waals surface area contributed by atoms with Crippen molar-refractivity contribution in [2.75, 3.05) is 18.4 Å². The van der Waals surface area contributed by atoms with E-state index < -0.39 is 34.1 Å². The summed E-state index contributed by atoms with van der Waals surface area (Å²) in [4.78, 5) is 12.5. The first-order chi connectivity index (χ1) is 14.8. The molecule has 0 saturated carbocycles. The second-order valence-electron chi connectivity index (χ2n) is 6.70. The van der Waals surface area contributed by atoms with Crippen molar-refractivity contribution >= 4 is 33.2 Å². The molecule has 0 aliphatic heterocycles. The summed E-state index contributed by atoms with van der Waals surface area (Å²) in [7, 11) is -4.05. The molecule has 0 aliphatic rings. The number of benzene rings is 3. The first kappa shape index (κ1) is 22.9. The summed E-state index contributed by atoms with van der Waals surface area (Å²) in [6.07, 6.45) is 0.356. The summed E-state index contributed by atoms with van der Waals surface area (Å²) in [5, 5.41) is 2.60. The molecule has 0 aromatic heterocycles. The Morgan fingerprint density at radius 2 is 1.65 bits per heavy atom. The van der Waals surface area contributed by atoms with E-state index in [1.54, 1.807) is 0 Å². The lowest BCUT2D eigenvalue weighted by atomic mass is 10.1. The third kappa shape index (κ3) is 6.10. The summed E-state index contributed by atoms with van der Waals surface area (Å²) in [6, 6.07) is 17.4. The summed E-state index contributed by atoms with van der Waals surface area (Å²) in [5.74, 6) is -2.35. The molecule has 0 spiro atoms. The normalized spacial score (nSPS) is 11.5. The van der Waals surface area contributed by atoms with Crippen LogP contribution in [-0.2, 0) is 21.2 Å². The quantitative estimate of drug-likeness (QED) is 0.534. The Labute approximate surface area is 184 Å². The standard InChI is InChI=1S/C22H19ClF2N2O3S/c23-17-6-9-19(10-7-17)31(29,30)27(13-12-16-4-2-1-3-5-16)15-22(28)26-21-14-18(24)8-11-20(21)25/h1-11,14H,12-13,15H2,(H,26,28). The number of hydrogen-bond acceptors (Lipinski definition) is 3. The van der Waals surface area contributed by atoms with Gasteiger partial charge in [0.2, 0.25) is 15.9 Å². The Hall–Kier alpha value is -2.81. The fourth-order valence-electron chi connectivity index (χ4n) is 2.88. The monoisotopic (exact) mass is 464 g/mol. The molecule has 0 fully saturated rings. The van der Waals surface area contributed by atoms with Gasteiger partial charge in [0.1, 0.15) is 11.6 Å². The molecule has 162 valence electrons. The smallest absolute Gasteiger partial charge is 0.243 e. The van der Waals surface area contributed by atoms with Crippen molar-refractivity contribution in [2.45, 2.75) is 11.3 Å². The van der Waals surface area contributed by atoms with Gasteiger partial charge in [-0.2, -0.15) is 4.31 Å². The third-order valence-corrected chi connectivity index (χ3v) is 6.58. The highest BCUT2D eigenvalue weighted by atomic mass is 35.5. The van der Waals surface area contributed by atoms with Gasteiger partial charge in [-0.3, -0.25) is 4.79 Å². The van der Waals surface area contributed by atoms with Gasteiger partial charge in [0.05, 0.1) is 17.1 Å². The lowest BCUT2D eigenvalue weighted by Crippen LogP contribution is -2.39. The molecule has 3 aromatic carbocycles. The minimum absolute atomic E-state index is 0.00796. The van der Waals surface area contributed by atoms with E-state index in [-0.39, 0.29) is 17.1 Å². The van der Waals surface area contributed by atoms with Gasteiger partial charge >= 0.3 is 0 Å². The number of anilines is 1.